The van der Waals surface area contributed by atoms with Gasteiger partial charge in [-0.2, -0.15) is 5.10 Å². The molecule has 0 radical (unpaired) electrons. The quantitative estimate of drug-likeness (QED) is 0.526. The summed E-state index contributed by atoms with van der Waals surface area (Å²) in [5.74, 6) is -0.151. The third-order valence-electron chi connectivity index (χ3n) is 3.78. The molecule has 3 aromatic heterocycles. The maximum atomic E-state index is 13.0. The second-order valence-electron chi connectivity index (χ2n) is 5.31. The van der Waals surface area contributed by atoms with E-state index in [2.05, 4.69) is 10.1 Å². The third kappa shape index (κ3) is 2.47. The van der Waals surface area contributed by atoms with E-state index in [1.807, 2.05) is 36.5 Å². The van der Waals surface area contributed by atoms with Gasteiger partial charge >= 0.3 is 0 Å². The van der Waals surface area contributed by atoms with Crippen molar-refractivity contribution in [2.24, 2.45) is 0 Å². The molecule has 4 aromatic rings. The molecule has 24 heavy (non-hydrogen) atoms. The van der Waals surface area contributed by atoms with Crippen molar-refractivity contribution in [2.45, 2.75) is 0 Å². The first-order valence-corrected chi connectivity index (χ1v) is 7.81. The van der Waals surface area contributed by atoms with Gasteiger partial charge in [0.1, 0.15) is 11.4 Å². The van der Waals surface area contributed by atoms with Gasteiger partial charge < -0.3 is 0 Å². The summed E-state index contributed by atoms with van der Waals surface area (Å²) in [4.78, 5) is 17.2. The first-order valence-electron chi connectivity index (χ1n) is 7.43. The van der Waals surface area contributed by atoms with Gasteiger partial charge in [-0.05, 0) is 36.4 Å². The minimum atomic E-state index is -0.151. The lowest BCUT2D eigenvalue weighted by Crippen LogP contribution is -2.04. The molecule has 0 saturated carbocycles. The SMILES string of the molecule is O=C(c1ccccn1)c1c(-c2ccc(Cl)cc2)nn2ccccc12. The van der Waals surface area contributed by atoms with Crippen molar-refractivity contribution >= 4 is 22.9 Å². The summed E-state index contributed by atoms with van der Waals surface area (Å²) in [7, 11) is 0. The zero-order valence-electron chi connectivity index (χ0n) is 12.6. The van der Waals surface area contributed by atoms with E-state index in [-0.39, 0.29) is 5.78 Å². The number of rotatable bonds is 3. The highest BCUT2D eigenvalue weighted by Gasteiger charge is 2.22. The topological polar surface area (TPSA) is 47.3 Å². The van der Waals surface area contributed by atoms with Crippen LogP contribution in [0.15, 0.2) is 73.1 Å². The second-order valence-corrected chi connectivity index (χ2v) is 5.74. The van der Waals surface area contributed by atoms with Crippen LogP contribution in [0, 0.1) is 0 Å². The molecule has 0 N–H and O–H groups in total. The monoisotopic (exact) mass is 333 g/mol. The van der Waals surface area contributed by atoms with E-state index in [0.717, 1.165) is 11.1 Å². The van der Waals surface area contributed by atoms with Crippen LogP contribution in [-0.2, 0) is 0 Å². The molecule has 0 bridgehead atoms. The lowest BCUT2D eigenvalue weighted by molar-refractivity contribution is 0.103. The largest absolute Gasteiger partial charge is 0.287 e. The fourth-order valence-corrected chi connectivity index (χ4v) is 2.78. The molecule has 4 nitrogen and oxygen atoms in total. The van der Waals surface area contributed by atoms with Gasteiger partial charge in [0.2, 0.25) is 5.78 Å². The molecule has 0 aliphatic rings. The van der Waals surface area contributed by atoms with Crippen LogP contribution in [0.1, 0.15) is 16.1 Å². The predicted octanol–water partition coefficient (Wildman–Crippen LogP) is 4.28. The molecule has 116 valence electrons. The van der Waals surface area contributed by atoms with Crippen molar-refractivity contribution in [2.75, 3.05) is 0 Å². The fourth-order valence-electron chi connectivity index (χ4n) is 2.66. The van der Waals surface area contributed by atoms with E-state index < -0.39 is 0 Å². The Morgan fingerprint density at radius 3 is 2.50 bits per heavy atom. The van der Waals surface area contributed by atoms with Gasteiger partial charge in [0.05, 0.1) is 11.1 Å². The number of carbonyl (C=O) groups excluding carboxylic acids is 1. The summed E-state index contributed by atoms with van der Waals surface area (Å²) < 4.78 is 1.71. The van der Waals surface area contributed by atoms with Crippen molar-refractivity contribution in [3.63, 3.8) is 0 Å². The summed E-state index contributed by atoms with van der Waals surface area (Å²) in [6.07, 6.45) is 3.44. The Morgan fingerprint density at radius 1 is 0.958 bits per heavy atom. The highest BCUT2D eigenvalue weighted by atomic mass is 35.5. The average Bonchev–Trinajstić information content (AvgIpc) is 3.02. The van der Waals surface area contributed by atoms with E-state index in [1.54, 1.807) is 41.0 Å². The van der Waals surface area contributed by atoms with Crippen molar-refractivity contribution < 1.29 is 4.79 Å². The summed E-state index contributed by atoms with van der Waals surface area (Å²) in [5, 5.41) is 5.22. The molecule has 0 fully saturated rings. The van der Waals surface area contributed by atoms with Crippen LogP contribution >= 0.6 is 11.6 Å². The number of carbonyl (C=O) groups is 1. The smallest absolute Gasteiger partial charge is 0.215 e. The third-order valence-corrected chi connectivity index (χ3v) is 4.03. The molecule has 0 aliphatic heterocycles. The second kappa shape index (κ2) is 5.91. The molecule has 0 amide bonds. The normalized spacial score (nSPS) is 10.9. The summed E-state index contributed by atoms with van der Waals surface area (Å²) in [6, 6.07) is 18.2. The van der Waals surface area contributed by atoms with Gasteiger partial charge in [0.25, 0.3) is 0 Å². The molecule has 5 heteroatoms. The van der Waals surface area contributed by atoms with E-state index >= 15 is 0 Å². The minimum absolute atomic E-state index is 0.151. The maximum absolute atomic E-state index is 13.0. The molecule has 4 rings (SSSR count). The van der Waals surface area contributed by atoms with E-state index in [0.29, 0.717) is 22.0 Å². The molecule has 0 unspecified atom stereocenters. The van der Waals surface area contributed by atoms with E-state index in [1.165, 1.54) is 0 Å². The Morgan fingerprint density at radius 2 is 1.75 bits per heavy atom. The molecular weight excluding hydrogens is 322 g/mol. The van der Waals surface area contributed by atoms with Gasteiger partial charge in [-0.3, -0.25) is 9.78 Å². The lowest BCUT2D eigenvalue weighted by Gasteiger charge is -2.03. The Bertz CT molecular complexity index is 1020. The van der Waals surface area contributed by atoms with Crippen LogP contribution in [-0.4, -0.2) is 20.4 Å². The van der Waals surface area contributed by atoms with Crippen LogP contribution in [0.4, 0.5) is 0 Å². The Labute approximate surface area is 143 Å². The number of hydrogen-bond acceptors (Lipinski definition) is 3. The number of ketones is 1. The Balaban J connectivity index is 1.97. The first kappa shape index (κ1) is 14.6. The van der Waals surface area contributed by atoms with Gasteiger partial charge in [0.15, 0.2) is 0 Å². The summed E-state index contributed by atoms with van der Waals surface area (Å²) in [6.45, 7) is 0. The number of nitrogens with zero attached hydrogens (tertiary/aromatic N) is 3. The molecule has 0 spiro atoms. The number of benzene rings is 1. The molecule has 0 atom stereocenters. The van der Waals surface area contributed by atoms with Crippen LogP contribution in [0.3, 0.4) is 0 Å². The Hall–Kier alpha value is -2.98. The highest BCUT2D eigenvalue weighted by Crippen LogP contribution is 2.29. The average molecular weight is 334 g/mol. The number of halogens is 1. The number of fused-ring (bicyclic) bond motifs is 1. The van der Waals surface area contributed by atoms with Crippen LogP contribution in [0.5, 0.6) is 0 Å². The highest BCUT2D eigenvalue weighted by molar-refractivity contribution is 6.30. The van der Waals surface area contributed by atoms with Crippen molar-refractivity contribution in [1.29, 1.82) is 0 Å². The van der Waals surface area contributed by atoms with Crippen LogP contribution in [0.2, 0.25) is 5.02 Å². The van der Waals surface area contributed by atoms with E-state index in [4.69, 9.17) is 11.6 Å². The van der Waals surface area contributed by atoms with Crippen molar-refractivity contribution in [3.05, 3.63) is 89.3 Å². The summed E-state index contributed by atoms with van der Waals surface area (Å²) >= 11 is 5.97. The van der Waals surface area contributed by atoms with Crippen LogP contribution < -0.4 is 0 Å². The number of hydrogen-bond donors (Lipinski definition) is 0. The van der Waals surface area contributed by atoms with Crippen LogP contribution in [0.25, 0.3) is 16.8 Å². The van der Waals surface area contributed by atoms with Crippen molar-refractivity contribution in [3.8, 4) is 11.3 Å². The minimum Gasteiger partial charge on any atom is -0.287 e. The number of aromatic nitrogens is 3. The molecule has 0 saturated heterocycles. The molecular formula is C19H12ClN3O. The molecule has 0 aliphatic carbocycles. The molecule has 3 heterocycles. The van der Waals surface area contributed by atoms with Gasteiger partial charge in [-0.1, -0.05) is 35.9 Å². The standard InChI is InChI=1S/C19H12ClN3O/c20-14-9-7-13(8-10-14)18-17(16-6-2-4-12-23(16)22-18)19(24)15-5-1-3-11-21-15/h1-12H. The predicted molar refractivity (Wildman–Crippen MR) is 93.3 cm³/mol. The van der Waals surface area contributed by atoms with E-state index in [9.17, 15) is 4.79 Å². The van der Waals surface area contributed by atoms with Gasteiger partial charge in [-0.25, -0.2) is 4.52 Å². The maximum Gasteiger partial charge on any atom is 0.215 e. The zero-order valence-corrected chi connectivity index (χ0v) is 13.3. The molecule has 1 aromatic carbocycles. The Kier molecular flexibility index (Phi) is 3.59. The first-order chi connectivity index (χ1) is 11.7. The van der Waals surface area contributed by atoms with Gasteiger partial charge in [-0.15, -0.1) is 0 Å². The summed E-state index contributed by atoms with van der Waals surface area (Å²) in [5.41, 5.74) is 3.14. The van der Waals surface area contributed by atoms with Gasteiger partial charge in [0, 0.05) is 23.0 Å². The lowest BCUT2D eigenvalue weighted by atomic mass is 10.0. The fraction of sp³-hybridized carbons (Fsp3) is 0. The van der Waals surface area contributed by atoms with Crippen molar-refractivity contribution in [1.82, 2.24) is 14.6 Å². The number of pyridine rings is 2. The zero-order chi connectivity index (χ0) is 16.5.